The molecule has 0 amide bonds. The summed E-state index contributed by atoms with van der Waals surface area (Å²) in [6.45, 7) is 5.21. The second-order valence-corrected chi connectivity index (χ2v) is 4.64. The van der Waals surface area contributed by atoms with E-state index in [1.54, 1.807) is 32.0 Å². The van der Waals surface area contributed by atoms with Crippen LogP contribution in [0.4, 0.5) is 24.8 Å². The van der Waals surface area contributed by atoms with Crippen molar-refractivity contribution in [3.63, 3.8) is 0 Å². The van der Waals surface area contributed by atoms with E-state index >= 15 is 0 Å². The molecule has 1 rings (SSSR count). The van der Waals surface area contributed by atoms with Crippen molar-refractivity contribution in [3.8, 4) is 0 Å². The lowest BCUT2D eigenvalue weighted by atomic mass is 10.3. The van der Waals surface area contributed by atoms with Crippen molar-refractivity contribution in [2.24, 2.45) is 0 Å². The third kappa shape index (κ3) is 5.36. The molecule has 0 unspecified atom stereocenters. The van der Waals surface area contributed by atoms with Crippen LogP contribution < -0.4 is 10.2 Å². The molecule has 0 atom stereocenters. The summed E-state index contributed by atoms with van der Waals surface area (Å²) in [7, 11) is 0. The molecule has 0 aliphatic heterocycles. The van der Waals surface area contributed by atoms with Gasteiger partial charge in [0.25, 0.3) is 0 Å². The first-order chi connectivity index (χ1) is 8.83. The summed E-state index contributed by atoms with van der Waals surface area (Å²) in [5.74, 6) is 0.945. The van der Waals surface area contributed by atoms with Crippen LogP contribution in [0.1, 0.15) is 27.2 Å². The molecule has 6 heteroatoms. The van der Waals surface area contributed by atoms with Crippen LogP contribution in [-0.4, -0.2) is 30.3 Å². The van der Waals surface area contributed by atoms with E-state index in [1.807, 2.05) is 6.92 Å². The number of rotatable bonds is 6. The highest BCUT2D eigenvalue weighted by molar-refractivity contribution is 5.47. The van der Waals surface area contributed by atoms with Crippen molar-refractivity contribution in [2.75, 3.05) is 23.3 Å². The van der Waals surface area contributed by atoms with Crippen LogP contribution in [0.5, 0.6) is 0 Å². The zero-order valence-electron chi connectivity index (χ0n) is 11.5. The molecular weight excluding hydrogens is 255 g/mol. The number of nitrogens with zero attached hydrogens (tertiary/aromatic N) is 2. The summed E-state index contributed by atoms with van der Waals surface area (Å²) in [5.41, 5.74) is 0. The maximum atomic E-state index is 12.6. The van der Waals surface area contributed by atoms with Gasteiger partial charge in [-0.15, -0.1) is 0 Å². The topological polar surface area (TPSA) is 28.2 Å². The predicted molar refractivity (Wildman–Crippen MR) is 71.6 cm³/mol. The highest BCUT2D eigenvalue weighted by Crippen LogP contribution is 2.23. The molecule has 0 fully saturated rings. The Morgan fingerprint density at radius 1 is 1.32 bits per heavy atom. The molecule has 0 aliphatic carbocycles. The minimum Gasteiger partial charge on any atom is -0.370 e. The second-order valence-electron chi connectivity index (χ2n) is 4.64. The Labute approximate surface area is 111 Å². The Morgan fingerprint density at radius 3 is 2.53 bits per heavy atom. The van der Waals surface area contributed by atoms with E-state index in [1.165, 1.54) is 4.90 Å². The Bertz CT molecular complexity index is 391. The van der Waals surface area contributed by atoms with Crippen molar-refractivity contribution >= 4 is 11.6 Å². The fraction of sp³-hybridized carbons (Fsp3) is 0.615. The Balaban J connectivity index is 2.90. The first-order valence-corrected chi connectivity index (χ1v) is 6.38. The van der Waals surface area contributed by atoms with E-state index in [2.05, 4.69) is 10.3 Å². The standard InChI is InChI=1S/C13H20F3N3/c1-4-8-17-11-6-5-7-12(18-11)19(10(2)3)9-13(14,15)16/h5-7,10H,4,8-9H2,1-3H3,(H,17,18). The number of pyridine rings is 1. The van der Waals surface area contributed by atoms with E-state index in [-0.39, 0.29) is 6.04 Å². The lowest BCUT2D eigenvalue weighted by Gasteiger charge is -2.29. The van der Waals surface area contributed by atoms with Crippen molar-refractivity contribution in [3.05, 3.63) is 18.2 Å². The average molecular weight is 275 g/mol. The third-order valence-corrected chi connectivity index (χ3v) is 2.56. The van der Waals surface area contributed by atoms with Crippen LogP contribution in [0.25, 0.3) is 0 Å². The molecule has 1 aromatic rings. The van der Waals surface area contributed by atoms with Gasteiger partial charge in [-0.25, -0.2) is 4.98 Å². The number of hydrogen-bond donors (Lipinski definition) is 1. The zero-order chi connectivity index (χ0) is 14.5. The molecule has 108 valence electrons. The minimum absolute atomic E-state index is 0.268. The number of nitrogens with one attached hydrogen (secondary N) is 1. The van der Waals surface area contributed by atoms with Crippen molar-refractivity contribution in [1.29, 1.82) is 0 Å². The van der Waals surface area contributed by atoms with E-state index in [0.717, 1.165) is 13.0 Å². The summed E-state index contributed by atoms with van der Waals surface area (Å²) in [6, 6.07) is 4.80. The Kier molecular flexibility index (Phi) is 5.44. The number of aromatic nitrogens is 1. The molecule has 0 bridgehead atoms. The third-order valence-electron chi connectivity index (χ3n) is 2.56. The van der Waals surface area contributed by atoms with Gasteiger partial charge in [0.1, 0.15) is 18.2 Å². The molecule has 3 nitrogen and oxygen atoms in total. The number of halogens is 3. The number of anilines is 2. The van der Waals surface area contributed by atoms with E-state index in [9.17, 15) is 13.2 Å². The zero-order valence-corrected chi connectivity index (χ0v) is 11.5. The quantitative estimate of drug-likeness (QED) is 0.858. The molecule has 0 radical (unpaired) electrons. The summed E-state index contributed by atoms with van der Waals surface area (Å²) in [4.78, 5) is 5.48. The SMILES string of the molecule is CCCNc1cccc(N(CC(F)(F)F)C(C)C)n1. The molecule has 1 heterocycles. The van der Waals surface area contributed by atoms with Crippen LogP contribution in [0.15, 0.2) is 18.2 Å². The highest BCUT2D eigenvalue weighted by atomic mass is 19.4. The molecular formula is C13H20F3N3. The maximum absolute atomic E-state index is 12.6. The summed E-state index contributed by atoms with van der Waals surface area (Å²) >= 11 is 0. The van der Waals surface area contributed by atoms with E-state index < -0.39 is 12.7 Å². The summed E-state index contributed by atoms with van der Waals surface area (Å²) in [5, 5.41) is 3.07. The van der Waals surface area contributed by atoms with Gasteiger partial charge >= 0.3 is 6.18 Å². The maximum Gasteiger partial charge on any atom is 0.405 e. The Hall–Kier alpha value is -1.46. The highest BCUT2D eigenvalue weighted by Gasteiger charge is 2.32. The molecule has 0 aliphatic rings. The van der Waals surface area contributed by atoms with Crippen molar-refractivity contribution in [1.82, 2.24) is 4.98 Å². The predicted octanol–water partition coefficient (Wildman–Crippen LogP) is 3.68. The van der Waals surface area contributed by atoms with Crippen LogP contribution in [-0.2, 0) is 0 Å². The van der Waals surface area contributed by atoms with Crippen LogP contribution in [0.2, 0.25) is 0 Å². The molecule has 0 saturated carbocycles. The molecule has 0 saturated heterocycles. The fourth-order valence-corrected chi connectivity index (χ4v) is 1.66. The molecule has 19 heavy (non-hydrogen) atoms. The van der Waals surface area contributed by atoms with Crippen LogP contribution >= 0.6 is 0 Å². The lowest BCUT2D eigenvalue weighted by Crippen LogP contribution is -2.39. The normalized spacial score (nSPS) is 11.7. The van der Waals surface area contributed by atoms with Gasteiger partial charge in [0, 0.05) is 12.6 Å². The van der Waals surface area contributed by atoms with Gasteiger partial charge in [-0.3, -0.25) is 0 Å². The van der Waals surface area contributed by atoms with Crippen LogP contribution in [0, 0.1) is 0 Å². The first kappa shape index (κ1) is 15.6. The van der Waals surface area contributed by atoms with Gasteiger partial charge < -0.3 is 10.2 Å². The molecule has 1 N–H and O–H groups in total. The van der Waals surface area contributed by atoms with E-state index in [4.69, 9.17) is 0 Å². The second kappa shape index (κ2) is 6.63. The number of alkyl halides is 3. The lowest BCUT2D eigenvalue weighted by molar-refractivity contribution is -0.120. The average Bonchev–Trinajstić information content (AvgIpc) is 2.32. The summed E-state index contributed by atoms with van der Waals surface area (Å²) < 4.78 is 37.7. The largest absolute Gasteiger partial charge is 0.405 e. The van der Waals surface area contributed by atoms with Gasteiger partial charge in [0.15, 0.2) is 0 Å². The first-order valence-electron chi connectivity index (χ1n) is 6.38. The van der Waals surface area contributed by atoms with Crippen molar-refractivity contribution < 1.29 is 13.2 Å². The van der Waals surface area contributed by atoms with E-state index in [0.29, 0.717) is 11.6 Å². The smallest absolute Gasteiger partial charge is 0.370 e. The monoisotopic (exact) mass is 275 g/mol. The van der Waals surface area contributed by atoms with Gasteiger partial charge in [0.2, 0.25) is 0 Å². The molecule has 1 aromatic heterocycles. The van der Waals surface area contributed by atoms with Crippen molar-refractivity contribution in [2.45, 2.75) is 39.4 Å². The van der Waals surface area contributed by atoms with Gasteiger partial charge in [-0.1, -0.05) is 13.0 Å². The molecule has 0 spiro atoms. The Morgan fingerprint density at radius 2 is 2.00 bits per heavy atom. The van der Waals surface area contributed by atoms with Gasteiger partial charge in [0.05, 0.1) is 0 Å². The van der Waals surface area contributed by atoms with Crippen LogP contribution in [0.3, 0.4) is 0 Å². The molecule has 0 aromatic carbocycles. The summed E-state index contributed by atoms with van der Waals surface area (Å²) in [6.07, 6.45) is -3.30. The number of hydrogen-bond acceptors (Lipinski definition) is 3. The van der Waals surface area contributed by atoms with Gasteiger partial charge in [-0.05, 0) is 32.4 Å². The minimum atomic E-state index is -4.24. The fourth-order valence-electron chi connectivity index (χ4n) is 1.66. The van der Waals surface area contributed by atoms with Gasteiger partial charge in [-0.2, -0.15) is 13.2 Å².